The average Bonchev–Trinajstić information content (AvgIpc) is 2.69. The van der Waals surface area contributed by atoms with Crippen LogP contribution < -0.4 is 10.5 Å². The number of carbonyl (C=O) groups excluding carboxylic acids is 1. The maximum Gasteiger partial charge on any atom is 0.347 e. The molecule has 0 bridgehead atoms. The van der Waals surface area contributed by atoms with Crippen molar-refractivity contribution in [1.82, 2.24) is 0 Å². The van der Waals surface area contributed by atoms with Crippen molar-refractivity contribution >= 4 is 23.4 Å². The second-order valence-corrected chi connectivity index (χ2v) is 6.91. The Morgan fingerprint density at radius 3 is 2.03 bits per heavy atom. The van der Waals surface area contributed by atoms with E-state index < -0.39 is 16.7 Å². The molecule has 0 unspecified atom stereocenters. The van der Waals surface area contributed by atoms with E-state index in [1.807, 2.05) is 0 Å². The summed E-state index contributed by atoms with van der Waals surface area (Å²) in [6.45, 7) is 3.45. The number of aliphatic carboxylic acids is 1. The summed E-state index contributed by atoms with van der Waals surface area (Å²) in [5, 5.41) is 18.2. The third-order valence-corrected chi connectivity index (χ3v) is 3.91. The second-order valence-electron chi connectivity index (χ2n) is 6.48. The smallest absolute Gasteiger partial charge is 0.347 e. The minimum atomic E-state index is -1.33. The number of nitrogens with zero attached hydrogens (tertiary/aromatic N) is 1. The summed E-state index contributed by atoms with van der Waals surface area (Å²) in [7, 11) is 0. The number of halogens is 1. The van der Waals surface area contributed by atoms with E-state index in [0.29, 0.717) is 34.9 Å². The van der Waals surface area contributed by atoms with Gasteiger partial charge in [0.15, 0.2) is 11.4 Å². The van der Waals surface area contributed by atoms with Gasteiger partial charge in [-0.2, -0.15) is 0 Å². The van der Waals surface area contributed by atoms with Gasteiger partial charge in [0, 0.05) is 16.1 Å². The summed E-state index contributed by atoms with van der Waals surface area (Å²) in [5.74, 6) is -0.811. The predicted octanol–water partition coefficient (Wildman–Crippen LogP) is 3.36. The van der Waals surface area contributed by atoms with Crippen molar-refractivity contribution in [2.24, 2.45) is 5.73 Å². The van der Waals surface area contributed by atoms with Crippen molar-refractivity contribution < 1.29 is 29.4 Å². The fourth-order valence-electron chi connectivity index (χ4n) is 2.00. The van der Waals surface area contributed by atoms with Crippen LogP contribution in [-0.4, -0.2) is 40.7 Å². The van der Waals surface area contributed by atoms with Crippen LogP contribution in [-0.2, 0) is 9.63 Å². The van der Waals surface area contributed by atoms with Crippen LogP contribution in [0.5, 0.6) is 5.75 Å². The molecule has 2 aromatic rings. The molecule has 2 rings (SSSR count). The summed E-state index contributed by atoms with van der Waals surface area (Å²) in [6.07, 6.45) is 0.529. The first kappa shape index (κ1) is 24.9. The van der Waals surface area contributed by atoms with Gasteiger partial charge in [0.05, 0.1) is 6.61 Å². The zero-order valence-electron chi connectivity index (χ0n) is 16.5. The molecule has 9 nitrogen and oxygen atoms in total. The van der Waals surface area contributed by atoms with Crippen molar-refractivity contribution in [2.75, 3.05) is 13.2 Å². The Balaban J connectivity index is 0.000000479. The van der Waals surface area contributed by atoms with Gasteiger partial charge >= 0.3 is 5.97 Å². The van der Waals surface area contributed by atoms with E-state index in [1.54, 1.807) is 48.5 Å². The molecule has 0 aromatic heterocycles. The van der Waals surface area contributed by atoms with E-state index in [0.717, 1.165) is 0 Å². The van der Waals surface area contributed by atoms with Crippen LogP contribution in [0.25, 0.3) is 0 Å². The van der Waals surface area contributed by atoms with Gasteiger partial charge < -0.3 is 20.4 Å². The van der Waals surface area contributed by atoms with E-state index in [4.69, 9.17) is 27.2 Å². The first-order valence-corrected chi connectivity index (χ1v) is 9.24. The lowest BCUT2D eigenvalue weighted by Gasteiger charge is -2.21. The summed E-state index contributed by atoms with van der Waals surface area (Å²) >= 11 is 5.79. The van der Waals surface area contributed by atoms with Crippen molar-refractivity contribution in [3.8, 4) is 5.75 Å². The van der Waals surface area contributed by atoms with Crippen LogP contribution >= 0.6 is 11.6 Å². The first-order valence-electron chi connectivity index (χ1n) is 8.87. The van der Waals surface area contributed by atoms with Crippen molar-refractivity contribution in [1.29, 1.82) is 0 Å². The zero-order valence-corrected chi connectivity index (χ0v) is 17.3. The number of ketones is 1. The quantitative estimate of drug-likeness (QED) is 0.262. The third-order valence-electron chi connectivity index (χ3n) is 3.66. The zero-order chi connectivity index (χ0) is 22.7. The third kappa shape index (κ3) is 8.46. The van der Waals surface area contributed by atoms with Gasteiger partial charge in [-0.15, -0.1) is 10.1 Å². The highest BCUT2D eigenvalue weighted by molar-refractivity contribution is 6.30. The monoisotopic (exact) mass is 438 g/mol. The van der Waals surface area contributed by atoms with Crippen LogP contribution in [0.2, 0.25) is 5.02 Å². The van der Waals surface area contributed by atoms with E-state index in [2.05, 4.69) is 4.84 Å². The molecule has 0 fully saturated rings. The summed E-state index contributed by atoms with van der Waals surface area (Å²) in [6, 6.07) is 13.0. The fraction of sp³-hybridized carbons (Fsp3) is 0.300. The molecule has 162 valence electrons. The predicted molar refractivity (Wildman–Crippen MR) is 110 cm³/mol. The van der Waals surface area contributed by atoms with Gasteiger partial charge in [-0.1, -0.05) is 11.6 Å². The molecule has 0 spiro atoms. The number of carbonyl (C=O) groups is 2. The largest absolute Gasteiger partial charge is 0.478 e. The highest BCUT2D eigenvalue weighted by Gasteiger charge is 2.29. The molecule has 0 saturated heterocycles. The Hall–Kier alpha value is -3.17. The molecule has 30 heavy (non-hydrogen) atoms. The molecule has 2 aromatic carbocycles. The summed E-state index contributed by atoms with van der Waals surface area (Å²) < 4.78 is 5.39. The number of carboxylic acid groups (broad SMARTS) is 1. The number of hydrogen-bond donors (Lipinski definition) is 2. The average molecular weight is 439 g/mol. The van der Waals surface area contributed by atoms with Crippen molar-refractivity contribution in [2.45, 2.75) is 25.9 Å². The first-order chi connectivity index (χ1) is 14.1. The Morgan fingerprint density at radius 2 is 1.60 bits per heavy atom. The Labute approximate surface area is 178 Å². The molecule has 10 heteroatoms. The van der Waals surface area contributed by atoms with Crippen LogP contribution in [0.1, 0.15) is 36.2 Å². The molecule has 3 N–H and O–H groups in total. The number of carboxylic acids is 1. The molecule has 0 aliphatic carbocycles. The SMILES string of the molecule is CC(C)(Oc1ccc(C(=O)c2ccc(Cl)cc2)cc1)C(=O)O.NCCCO[N+](=O)[O-]. The lowest BCUT2D eigenvalue weighted by molar-refractivity contribution is -0.757. The van der Waals surface area contributed by atoms with Crippen LogP contribution in [0.15, 0.2) is 48.5 Å². The molecular weight excluding hydrogens is 416 g/mol. The Morgan fingerprint density at radius 1 is 1.10 bits per heavy atom. The number of benzene rings is 2. The van der Waals surface area contributed by atoms with E-state index >= 15 is 0 Å². The molecular formula is C20H23ClN2O7. The minimum absolute atomic E-state index is 0.101. The number of nitrogens with two attached hydrogens (primary N) is 1. The van der Waals surface area contributed by atoms with E-state index in [1.165, 1.54) is 13.8 Å². The molecule has 0 saturated carbocycles. The van der Waals surface area contributed by atoms with Crippen molar-refractivity contribution in [3.63, 3.8) is 0 Å². The lowest BCUT2D eigenvalue weighted by Crippen LogP contribution is -2.37. The second kappa shape index (κ2) is 11.7. The minimum Gasteiger partial charge on any atom is -0.478 e. The lowest BCUT2D eigenvalue weighted by atomic mass is 10.0. The maximum absolute atomic E-state index is 12.3. The van der Waals surface area contributed by atoms with Gasteiger partial charge in [-0.05, 0) is 75.3 Å². The van der Waals surface area contributed by atoms with Gasteiger partial charge in [0.2, 0.25) is 0 Å². The van der Waals surface area contributed by atoms with E-state index in [9.17, 15) is 19.7 Å². The fourth-order valence-corrected chi connectivity index (χ4v) is 2.13. The van der Waals surface area contributed by atoms with Gasteiger partial charge in [0.1, 0.15) is 5.75 Å². The standard InChI is InChI=1S/C17H15ClO4.C3H8N2O3/c1-17(2,16(20)21)22-14-9-5-12(6-10-14)15(19)11-3-7-13(18)8-4-11;4-2-1-3-8-5(6)7/h3-10H,1-2H3,(H,20,21);1-4H2. The number of rotatable bonds is 9. The highest BCUT2D eigenvalue weighted by Crippen LogP contribution is 2.21. The van der Waals surface area contributed by atoms with Crippen molar-refractivity contribution in [3.05, 3.63) is 74.8 Å². The van der Waals surface area contributed by atoms with Crippen LogP contribution in [0.4, 0.5) is 0 Å². The number of ether oxygens (including phenoxy) is 1. The van der Waals surface area contributed by atoms with Gasteiger partial charge in [-0.3, -0.25) is 4.79 Å². The Bertz CT molecular complexity index is 852. The van der Waals surface area contributed by atoms with E-state index in [-0.39, 0.29) is 12.4 Å². The van der Waals surface area contributed by atoms with Gasteiger partial charge in [-0.25, -0.2) is 4.79 Å². The maximum atomic E-state index is 12.3. The topological polar surface area (TPSA) is 142 Å². The van der Waals surface area contributed by atoms with Crippen LogP contribution in [0.3, 0.4) is 0 Å². The van der Waals surface area contributed by atoms with Gasteiger partial charge in [0.25, 0.3) is 5.09 Å². The molecule has 0 aliphatic rings. The molecule has 0 radical (unpaired) electrons. The molecule has 0 heterocycles. The molecule has 0 aliphatic heterocycles. The summed E-state index contributed by atoms with van der Waals surface area (Å²) in [4.78, 5) is 36.6. The summed E-state index contributed by atoms with van der Waals surface area (Å²) in [5.41, 5.74) is 4.70. The highest BCUT2D eigenvalue weighted by atomic mass is 35.5. The Kier molecular flexibility index (Phi) is 9.73. The normalized spacial score (nSPS) is 10.4. The number of hydrogen-bond acceptors (Lipinski definition) is 7. The molecule has 0 atom stereocenters. The molecule has 0 amide bonds. The van der Waals surface area contributed by atoms with Crippen LogP contribution in [0, 0.1) is 10.1 Å².